The lowest BCUT2D eigenvalue weighted by atomic mass is 9.95. The molecule has 1 aromatic carbocycles. The first-order valence-electron chi connectivity index (χ1n) is 7.65. The normalized spacial score (nSPS) is 12.9. The third kappa shape index (κ3) is 5.51. The highest BCUT2D eigenvalue weighted by molar-refractivity contribution is 5.89. The summed E-state index contributed by atoms with van der Waals surface area (Å²) in [6.45, 7) is 9.14. The molecular formula is C18H27NO3. The van der Waals surface area contributed by atoms with Gasteiger partial charge in [-0.05, 0) is 26.3 Å². The molecule has 0 saturated carbocycles. The minimum Gasteiger partial charge on any atom is -0.444 e. The Labute approximate surface area is 133 Å². The van der Waals surface area contributed by atoms with E-state index in [0.29, 0.717) is 6.42 Å². The van der Waals surface area contributed by atoms with E-state index >= 15 is 0 Å². The predicted octanol–water partition coefficient (Wildman–Crippen LogP) is 3.69. The monoisotopic (exact) mass is 305 g/mol. The zero-order valence-corrected chi connectivity index (χ0v) is 14.4. The van der Waals surface area contributed by atoms with Crippen molar-refractivity contribution in [3.05, 3.63) is 35.9 Å². The van der Waals surface area contributed by atoms with E-state index in [2.05, 4.69) is 0 Å². The fourth-order valence-corrected chi connectivity index (χ4v) is 2.11. The van der Waals surface area contributed by atoms with Crippen LogP contribution < -0.4 is 0 Å². The molecule has 1 amide bonds. The Morgan fingerprint density at radius 3 is 2.14 bits per heavy atom. The molecule has 0 aliphatic heterocycles. The van der Waals surface area contributed by atoms with E-state index in [-0.39, 0.29) is 11.7 Å². The van der Waals surface area contributed by atoms with Gasteiger partial charge in [0.15, 0.2) is 5.78 Å². The molecule has 0 aliphatic rings. The fraction of sp³-hybridized carbons (Fsp3) is 0.556. The molecule has 0 radical (unpaired) electrons. The Balaban J connectivity index is 2.95. The maximum Gasteiger partial charge on any atom is 0.410 e. The number of carbonyl (C=O) groups excluding carboxylic acids is 2. The standard InChI is InChI=1S/C18H27NO3/c1-13(2)16(20)15(12-14-10-8-7-9-11-14)19(6)17(21)22-18(3,4)5/h7-11,13,15H,12H2,1-6H3/t15-/m0/s1. The van der Waals surface area contributed by atoms with Crippen molar-refractivity contribution in [2.24, 2.45) is 5.92 Å². The molecule has 1 atom stereocenters. The van der Waals surface area contributed by atoms with Crippen LogP contribution in [0, 0.1) is 5.92 Å². The van der Waals surface area contributed by atoms with Crippen LogP contribution in [0.4, 0.5) is 4.79 Å². The summed E-state index contributed by atoms with van der Waals surface area (Å²) in [5, 5.41) is 0. The summed E-state index contributed by atoms with van der Waals surface area (Å²) in [6.07, 6.45) is 0.0237. The fourth-order valence-electron chi connectivity index (χ4n) is 2.11. The van der Waals surface area contributed by atoms with Crippen molar-refractivity contribution >= 4 is 11.9 Å². The Morgan fingerprint density at radius 1 is 1.14 bits per heavy atom. The summed E-state index contributed by atoms with van der Waals surface area (Å²) >= 11 is 0. The van der Waals surface area contributed by atoms with E-state index in [0.717, 1.165) is 5.56 Å². The maximum atomic E-state index is 12.5. The molecule has 0 saturated heterocycles. The number of nitrogens with zero attached hydrogens (tertiary/aromatic N) is 1. The minimum absolute atomic E-state index is 0.0391. The third-order valence-corrected chi connectivity index (χ3v) is 3.32. The molecule has 0 aromatic heterocycles. The van der Waals surface area contributed by atoms with Gasteiger partial charge < -0.3 is 9.64 Å². The van der Waals surface area contributed by atoms with E-state index in [1.807, 2.05) is 65.0 Å². The second-order valence-electron chi connectivity index (χ2n) is 6.85. The number of ether oxygens (including phenoxy) is 1. The molecule has 1 aromatic rings. The average molecular weight is 305 g/mol. The van der Waals surface area contributed by atoms with Gasteiger partial charge in [0.25, 0.3) is 0 Å². The van der Waals surface area contributed by atoms with Gasteiger partial charge in [0.1, 0.15) is 5.60 Å². The Bertz CT molecular complexity index is 503. The van der Waals surface area contributed by atoms with Crippen LogP contribution in [0.3, 0.4) is 0 Å². The number of amides is 1. The number of likely N-dealkylation sites (N-methyl/N-ethyl adjacent to an activating group) is 1. The molecule has 0 N–H and O–H groups in total. The lowest BCUT2D eigenvalue weighted by Gasteiger charge is -2.31. The number of hydrogen-bond donors (Lipinski definition) is 0. The van der Waals surface area contributed by atoms with E-state index < -0.39 is 17.7 Å². The van der Waals surface area contributed by atoms with Crippen molar-refractivity contribution in [3.8, 4) is 0 Å². The number of rotatable bonds is 5. The number of hydrogen-bond acceptors (Lipinski definition) is 3. The molecule has 0 unspecified atom stereocenters. The van der Waals surface area contributed by atoms with Gasteiger partial charge in [-0.25, -0.2) is 4.79 Å². The van der Waals surface area contributed by atoms with E-state index in [1.165, 1.54) is 4.90 Å². The summed E-state index contributed by atoms with van der Waals surface area (Å²) in [4.78, 5) is 26.2. The SMILES string of the molecule is CC(C)C(=O)[C@H](Cc1ccccc1)N(C)C(=O)OC(C)(C)C. The molecule has 0 aliphatic carbocycles. The van der Waals surface area contributed by atoms with Gasteiger partial charge in [-0.15, -0.1) is 0 Å². The highest BCUT2D eigenvalue weighted by Crippen LogP contribution is 2.16. The largest absolute Gasteiger partial charge is 0.444 e. The van der Waals surface area contributed by atoms with E-state index in [4.69, 9.17) is 4.74 Å². The van der Waals surface area contributed by atoms with Crippen molar-refractivity contribution in [2.45, 2.75) is 52.7 Å². The Morgan fingerprint density at radius 2 is 1.68 bits per heavy atom. The van der Waals surface area contributed by atoms with Crippen molar-refractivity contribution in [1.29, 1.82) is 0 Å². The zero-order valence-electron chi connectivity index (χ0n) is 14.4. The van der Waals surface area contributed by atoms with Crippen molar-refractivity contribution < 1.29 is 14.3 Å². The van der Waals surface area contributed by atoms with E-state index in [1.54, 1.807) is 7.05 Å². The van der Waals surface area contributed by atoms with E-state index in [9.17, 15) is 9.59 Å². The Kier molecular flexibility index (Phi) is 6.15. The van der Waals surface area contributed by atoms with Crippen LogP contribution in [0.15, 0.2) is 30.3 Å². The Hall–Kier alpha value is -1.84. The van der Waals surface area contributed by atoms with Crippen LogP contribution in [0.5, 0.6) is 0 Å². The number of benzene rings is 1. The summed E-state index contributed by atoms with van der Waals surface area (Å²) in [7, 11) is 1.63. The van der Waals surface area contributed by atoms with Crippen LogP contribution in [-0.2, 0) is 16.0 Å². The first-order valence-corrected chi connectivity index (χ1v) is 7.65. The first kappa shape index (κ1) is 18.2. The molecule has 1 rings (SSSR count). The maximum absolute atomic E-state index is 12.5. The first-order chi connectivity index (χ1) is 10.1. The topological polar surface area (TPSA) is 46.6 Å². The van der Waals surface area contributed by atoms with Crippen LogP contribution in [-0.4, -0.2) is 35.5 Å². The zero-order chi connectivity index (χ0) is 16.9. The highest BCUT2D eigenvalue weighted by atomic mass is 16.6. The lowest BCUT2D eigenvalue weighted by Crippen LogP contribution is -2.47. The van der Waals surface area contributed by atoms with Gasteiger partial charge >= 0.3 is 6.09 Å². The second-order valence-corrected chi connectivity index (χ2v) is 6.85. The molecule has 0 spiro atoms. The molecular weight excluding hydrogens is 278 g/mol. The lowest BCUT2D eigenvalue weighted by molar-refractivity contribution is -0.126. The van der Waals surface area contributed by atoms with Crippen LogP contribution in [0.2, 0.25) is 0 Å². The van der Waals surface area contributed by atoms with Crippen molar-refractivity contribution in [1.82, 2.24) is 4.90 Å². The molecule has 122 valence electrons. The van der Waals surface area contributed by atoms with Gasteiger partial charge in [0.2, 0.25) is 0 Å². The number of Topliss-reactive ketones (excluding diaryl/α,β-unsaturated/α-hetero) is 1. The summed E-state index contributed by atoms with van der Waals surface area (Å²) in [6, 6.07) is 9.20. The summed E-state index contributed by atoms with van der Waals surface area (Å²) in [5.74, 6) is -0.101. The van der Waals surface area contributed by atoms with Crippen LogP contribution in [0.25, 0.3) is 0 Å². The third-order valence-electron chi connectivity index (χ3n) is 3.32. The van der Waals surface area contributed by atoms with Crippen LogP contribution in [0.1, 0.15) is 40.2 Å². The number of ketones is 1. The van der Waals surface area contributed by atoms with Gasteiger partial charge in [0.05, 0.1) is 6.04 Å². The smallest absolute Gasteiger partial charge is 0.410 e. The average Bonchev–Trinajstić information content (AvgIpc) is 2.42. The quantitative estimate of drug-likeness (QED) is 0.833. The molecule has 0 bridgehead atoms. The van der Waals surface area contributed by atoms with Gasteiger partial charge in [-0.2, -0.15) is 0 Å². The van der Waals surface area contributed by atoms with Gasteiger partial charge in [-0.3, -0.25) is 4.79 Å². The second kappa shape index (κ2) is 7.43. The molecule has 22 heavy (non-hydrogen) atoms. The minimum atomic E-state index is -0.580. The van der Waals surface area contributed by atoms with Crippen molar-refractivity contribution in [2.75, 3.05) is 7.05 Å². The molecule has 0 heterocycles. The predicted molar refractivity (Wildman–Crippen MR) is 87.8 cm³/mol. The highest BCUT2D eigenvalue weighted by Gasteiger charge is 2.31. The molecule has 0 fully saturated rings. The summed E-state index contributed by atoms with van der Waals surface area (Å²) < 4.78 is 5.38. The molecule has 4 heteroatoms. The van der Waals surface area contributed by atoms with Gasteiger partial charge in [-0.1, -0.05) is 44.2 Å². The number of carbonyl (C=O) groups is 2. The summed E-state index contributed by atoms with van der Waals surface area (Å²) in [5.41, 5.74) is 0.445. The molecule has 4 nitrogen and oxygen atoms in total. The van der Waals surface area contributed by atoms with Crippen LogP contribution >= 0.6 is 0 Å². The van der Waals surface area contributed by atoms with Gasteiger partial charge in [0, 0.05) is 19.4 Å². The van der Waals surface area contributed by atoms with Crippen molar-refractivity contribution in [3.63, 3.8) is 0 Å².